The Hall–Kier alpha value is -2.17. The number of nitrogens with zero attached hydrogens (tertiary/aromatic N) is 1. The molecule has 1 aliphatic rings. The van der Waals surface area contributed by atoms with E-state index in [1.165, 1.54) is 12.1 Å². The molecule has 0 spiro atoms. The van der Waals surface area contributed by atoms with E-state index in [1.54, 1.807) is 11.0 Å². The minimum atomic E-state index is -0.361. The van der Waals surface area contributed by atoms with Gasteiger partial charge in [-0.1, -0.05) is 0 Å². The third kappa shape index (κ3) is 2.31. The molecule has 5 heteroatoms. The number of benzene rings is 1. The molecule has 2 aromatic rings. The van der Waals surface area contributed by atoms with Crippen LogP contribution in [0.4, 0.5) is 4.39 Å². The number of hydrogen-bond donors (Lipinski definition) is 1. The Bertz CT molecular complexity index is 703. The summed E-state index contributed by atoms with van der Waals surface area (Å²) in [6, 6.07) is 6.23. The van der Waals surface area contributed by atoms with Crippen molar-refractivity contribution in [2.45, 2.75) is 18.8 Å². The molecule has 0 atom stereocenters. The van der Waals surface area contributed by atoms with E-state index in [2.05, 4.69) is 4.98 Å². The summed E-state index contributed by atoms with van der Waals surface area (Å²) in [6.07, 6.45) is 2.42. The quantitative estimate of drug-likeness (QED) is 0.852. The van der Waals surface area contributed by atoms with Crippen molar-refractivity contribution in [2.24, 2.45) is 0 Å². The minimum absolute atomic E-state index is 0.157. The van der Waals surface area contributed by atoms with Gasteiger partial charge < -0.3 is 9.88 Å². The Kier molecular flexibility index (Phi) is 3.26. The van der Waals surface area contributed by atoms with Crippen LogP contribution in [0.5, 0.6) is 0 Å². The number of carbonyl (C=O) groups excluding carboxylic acids is 1. The summed E-state index contributed by atoms with van der Waals surface area (Å²) < 4.78 is 13.1. The lowest BCUT2D eigenvalue weighted by molar-refractivity contribution is -0.119. The number of nitrogens with one attached hydrogen (secondary N) is 1. The molecule has 0 unspecified atom stereocenters. The summed E-state index contributed by atoms with van der Waals surface area (Å²) in [7, 11) is 0. The van der Waals surface area contributed by atoms with Gasteiger partial charge in [-0.15, -0.1) is 0 Å². The molecule has 20 heavy (non-hydrogen) atoms. The van der Waals surface area contributed by atoms with E-state index in [0.717, 1.165) is 30.2 Å². The van der Waals surface area contributed by atoms with Gasteiger partial charge in [-0.3, -0.25) is 9.59 Å². The molecule has 1 N–H and O–H groups in total. The molecule has 3 rings (SSSR count). The molecule has 0 saturated carbocycles. The van der Waals surface area contributed by atoms with Crippen LogP contribution >= 0.6 is 0 Å². The van der Waals surface area contributed by atoms with E-state index in [1.807, 2.05) is 6.07 Å². The lowest BCUT2D eigenvalue weighted by Crippen LogP contribution is -2.33. The van der Waals surface area contributed by atoms with E-state index in [0.29, 0.717) is 18.6 Å². The third-order valence-corrected chi connectivity index (χ3v) is 3.96. The molecular formula is C15H15FN2O2. The summed E-state index contributed by atoms with van der Waals surface area (Å²) >= 11 is 0. The van der Waals surface area contributed by atoms with Crippen LogP contribution < -0.4 is 5.56 Å². The van der Waals surface area contributed by atoms with Crippen molar-refractivity contribution in [1.82, 2.24) is 9.88 Å². The Morgan fingerprint density at radius 3 is 2.70 bits per heavy atom. The van der Waals surface area contributed by atoms with Crippen molar-refractivity contribution in [1.29, 1.82) is 0 Å². The number of rotatable bonds is 2. The van der Waals surface area contributed by atoms with Crippen LogP contribution in [-0.2, 0) is 4.79 Å². The highest BCUT2D eigenvalue weighted by Gasteiger charge is 2.22. The standard InChI is InChI=1S/C15H15FN2O2/c16-12-2-1-11-7-13(15(20)17-14(11)8-12)10-3-5-18(9-19)6-4-10/h1-2,7-10H,3-6H2,(H,17,20). The van der Waals surface area contributed by atoms with Gasteiger partial charge in [-0.05, 0) is 48.4 Å². The van der Waals surface area contributed by atoms with Crippen LogP contribution in [0.2, 0.25) is 0 Å². The number of pyridine rings is 1. The van der Waals surface area contributed by atoms with Gasteiger partial charge in [0.1, 0.15) is 5.82 Å². The molecule has 0 radical (unpaired) electrons. The minimum Gasteiger partial charge on any atom is -0.345 e. The number of halogens is 1. The lowest BCUT2D eigenvalue weighted by atomic mass is 9.90. The van der Waals surface area contributed by atoms with Gasteiger partial charge >= 0.3 is 0 Å². The van der Waals surface area contributed by atoms with E-state index >= 15 is 0 Å². The number of hydrogen-bond acceptors (Lipinski definition) is 2. The average Bonchev–Trinajstić information content (AvgIpc) is 2.46. The van der Waals surface area contributed by atoms with Crippen LogP contribution in [0.25, 0.3) is 10.9 Å². The third-order valence-electron chi connectivity index (χ3n) is 3.96. The van der Waals surface area contributed by atoms with Crippen molar-refractivity contribution in [3.05, 3.63) is 46.0 Å². The predicted octanol–water partition coefficient (Wildman–Crippen LogP) is 2.00. The first-order valence-electron chi connectivity index (χ1n) is 6.69. The highest BCUT2D eigenvalue weighted by molar-refractivity contribution is 5.79. The van der Waals surface area contributed by atoms with Crippen LogP contribution in [0.15, 0.2) is 29.1 Å². The summed E-state index contributed by atoms with van der Waals surface area (Å²) in [5, 5.41) is 0.832. The fraction of sp³-hybridized carbons (Fsp3) is 0.333. The zero-order valence-corrected chi connectivity index (χ0v) is 10.9. The number of H-pyrrole nitrogens is 1. The van der Waals surface area contributed by atoms with Gasteiger partial charge in [0.15, 0.2) is 0 Å². The van der Waals surface area contributed by atoms with Gasteiger partial charge in [0.25, 0.3) is 5.56 Å². The highest BCUT2D eigenvalue weighted by Crippen LogP contribution is 2.26. The average molecular weight is 274 g/mol. The smallest absolute Gasteiger partial charge is 0.251 e. The summed E-state index contributed by atoms with van der Waals surface area (Å²) in [4.78, 5) is 27.3. The number of fused-ring (bicyclic) bond motifs is 1. The van der Waals surface area contributed by atoms with Gasteiger partial charge in [-0.25, -0.2) is 4.39 Å². The number of piperidine rings is 1. The number of aromatic amines is 1. The number of amides is 1. The van der Waals surface area contributed by atoms with Gasteiger partial charge in [0, 0.05) is 18.7 Å². The van der Waals surface area contributed by atoms with Crippen molar-refractivity contribution in [2.75, 3.05) is 13.1 Å². The largest absolute Gasteiger partial charge is 0.345 e. The fourth-order valence-electron chi connectivity index (χ4n) is 2.81. The Morgan fingerprint density at radius 2 is 2.00 bits per heavy atom. The lowest BCUT2D eigenvalue weighted by Gasteiger charge is -2.29. The second-order valence-corrected chi connectivity index (χ2v) is 5.20. The maximum Gasteiger partial charge on any atom is 0.251 e. The SMILES string of the molecule is O=CN1CCC(c2cc3ccc(F)cc3[nH]c2=O)CC1. The maximum atomic E-state index is 13.1. The first-order valence-corrected chi connectivity index (χ1v) is 6.69. The fourth-order valence-corrected chi connectivity index (χ4v) is 2.81. The van der Waals surface area contributed by atoms with Crippen molar-refractivity contribution >= 4 is 17.3 Å². The van der Waals surface area contributed by atoms with E-state index in [-0.39, 0.29) is 17.3 Å². The summed E-state index contributed by atoms with van der Waals surface area (Å²) in [5.74, 6) is -0.204. The number of likely N-dealkylation sites (tertiary alicyclic amines) is 1. The number of aromatic nitrogens is 1. The molecule has 1 amide bonds. The zero-order chi connectivity index (χ0) is 14.1. The van der Waals surface area contributed by atoms with E-state index < -0.39 is 0 Å². The van der Waals surface area contributed by atoms with E-state index in [9.17, 15) is 14.0 Å². The summed E-state index contributed by atoms with van der Waals surface area (Å²) in [6.45, 7) is 1.35. The van der Waals surface area contributed by atoms with Gasteiger partial charge in [0.05, 0.1) is 5.52 Å². The molecule has 2 heterocycles. The monoisotopic (exact) mass is 274 g/mol. The first kappa shape index (κ1) is 12.8. The van der Waals surface area contributed by atoms with Crippen LogP contribution in [0.3, 0.4) is 0 Å². The predicted molar refractivity (Wildman–Crippen MR) is 74.1 cm³/mol. The topological polar surface area (TPSA) is 53.2 Å². The molecule has 0 bridgehead atoms. The van der Waals surface area contributed by atoms with Crippen molar-refractivity contribution < 1.29 is 9.18 Å². The Morgan fingerprint density at radius 1 is 1.25 bits per heavy atom. The van der Waals surface area contributed by atoms with Gasteiger partial charge in [0.2, 0.25) is 6.41 Å². The molecule has 1 fully saturated rings. The Labute approximate surface area is 115 Å². The molecule has 104 valence electrons. The van der Waals surface area contributed by atoms with Crippen LogP contribution in [-0.4, -0.2) is 29.4 Å². The van der Waals surface area contributed by atoms with Gasteiger partial charge in [-0.2, -0.15) is 0 Å². The second kappa shape index (κ2) is 5.07. The molecule has 1 aliphatic heterocycles. The van der Waals surface area contributed by atoms with Crippen LogP contribution in [0, 0.1) is 5.82 Å². The molecule has 1 aromatic heterocycles. The second-order valence-electron chi connectivity index (χ2n) is 5.20. The van der Waals surface area contributed by atoms with E-state index in [4.69, 9.17) is 0 Å². The normalized spacial score (nSPS) is 16.6. The Balaban J connectivity index is 1.96. The first-order chi connectivity index (χ1) is 9.67. The van der Waals surface area contributed by atoms with Crippen LogP contribution in [0.1, 0.15) is 24.3 Å². The van der Waals surface area contributed by atoms with Crippen molar-refractivity contribution in [3.63, 3.8) is 0 Å². The molecule has 4 nitrogen and oxygen atoms in total. The zero-order valence-electron chi connectivity index (χ0n) is 10.9. The summed E-state index contributed by atoms with van der Waals surface area (Å²) in [5.41, 5.74) is 1.09. The molecule has 1 saturated heterocycles. The molecular weight excluding hydrogens is 259 g/mol. The van der Waals surface area contributed by atoms with Crippen molar-refractivity contribution in [3.8, 4) is 0 Å². The molecule has 1 aromatic carbocycles. The molecule has 0 aliphatic carbocycles. The highest BCUT2D eigenvalue weighted by atomic mass is 19.1. The number of carbonyl (C=O) groups is 1. The maximum absolute atomic E-state index is 13.1.